The lowest BCUT2D eigenvalue weighted by atomic mass is 9.85. The van der Waals surface area contributed by atoms with E-state index in [1.54, 1.807) is 0 Å². The monoisotopic (exact) mass is 263 g/mol. The molecule has 1 fully saturated rings. The third-order valence-electron chi connectivity index (χ3n) is 3.71. The van der Waals surface area contributed by atoms with Crippen molar-refractivity contribution in [3.63, 3.8) is 0 Å². The Morgan fingerprint density at radius 1 is 1.47 bits per heavy atom. The van der Waals surface area contributed by atoms with Gasteiger partial charge in [-0.3, -0.25) is 4.79 Å². The third-order valence-corrected chi connectivity index (χ3v) is 3.71. The van der Waals surface area contributed by atoms with Crippen LogP contribution in [0.4, 0.5) is 5.69 Å². The quantitative estimate of drug-likeness (QED) is 0.874. The Balaban J connectivity index is 2.26. The topological polar surface area (TPSA) is 58.6 Å². The Labute approximate surface area is 113 Å². The summed E-state index contributed by atoms with van der Waals surface area (Å²) in [5.74, 6) is 0.176. The molecular formula is C15H21NO3. The maximum atomic E-state index is 12.3. The SMILES string of the molecule is Cc1cccc(C(C)C)c1NC(=O)C1(CO)COC1. The molecule has 1 amide bonds. The molecule has 0 radical (unpaired) electrons. The second-order valence-electron chi connectivity index (χ2n) is 5.58. The van der Waals surface area contributed by atoms with Crippen molar-refractivity contribution >= 4 is 11.6 Å². The first-order valence-corrected chi connectivity index (χ1v) is 6.60. The first kappa shape index (κ1) is 14.0. The van der Waals surface area contributed by atoms with Gasteiger partial charge >= 0.3 is 0 Å². The zero-order valence-electron chi connectivity index (χ0n) is 11.7. The van der Waals surface area contributed by atoms with Crippen LogP contribution in [0.5, 0.6) is 0 Å². The number of aliphatic hydroxyl groups is 1. The van der Waals surface area contributed by atoms with E-state index in [-0.39, 0.29) is 25.7 Å². The molecule has 1 heterocycles. The second-order valence-corrected chi connectivity index (χ2v) is 5.58. The van der Waals surface area contributed by atoms with Crippen LogP contribution in [0.3, 0.4) is 0 Å². The van der Waals surface area contributed by atoms with E-state index in [1.165, 1.54) is 0 Å². The van der Waals surface area contributed by atoms with Gasteiger partial charge in [-0.25, -0.2) is 0 Å². The number of para-hydroxylation sites is 1. The zero-order chi connectivity index (χ0) is 14.0. The average molecular weight is 263 g/mol. The van der Waals surface area contributed by atoms with E-state index in [4.69, 9.17) is 4.74 Å². The van der Waals surface area contributed by atoms with Gasteiger partial charge in [0.15, 0.2) is 0 Å². The normalized spacial score (nSPS) is 17.1. The van der Waals surface area contributed by atoms with Gasteiger partial charge < -0.3 is 15.2 Å². The molecule has 4 nitrogen and oxygen atoms in total. The minimum Gasteiger partial charge on any atom is -0.395 e. The van der Waals surface area contributed by atoms with Gasteiger partial charge in [0.25, 0.3) is 0 Å². The van der Waals surface area contributed by atoms with Crippen LogP contribution < -0.4 is 5.32 Å². The maximum Gasteiger partial charge on any atom is 0.237 e. The fraction of sp³-hybridized carbons (Fsp3) is 0.533. The number of nitrogens with one attached hydrogen (secondary N) is 1. The average Bonchev–Trinajstić information content (AvgIpc) is 2.30. The first-order valence-electron chi connectivity index (χ1n) is 6.60. The molecule has 0 aromatic heterocycles. The zero-order valence-corrected chi connectivity index (χ0v) is 11.7. The van der Waals surface area contributed by atoms with Gasteiger partial charge in [0.05, 0.1) is 19.8 Å². The summed E-state index contributed by atoms with van der Waals surface area (Å²) >= 11 is 0. The molecule has 1 aromatic carbocycles. The van der Waals surface area contributed by atoms with Gasteiger partial charge in [-0.2, -0.15) is 0 Å². The van der Waals surface area contributed by atoms with Crippen LogP contribution in [0.2, 0.25) is 0 Å². The Hall–Kier alpha value is -1.39. The number of benzene rings is 1. The lowest BCUT2D eigenvalue weighted by Gasteiger charge is -2.38. The minimum atomic E-state index is -0.767. The summed E-state index contributed by atoms with van der Waals surface area (Å²) < 4.78 is 5.08. The molecule has 0 saturated carbocycles. The molecule has 0 atom stereocenters. The predicted octanol–water partition coefficient (Wildman–Crippen LogP) is 2.07. The summed E-state index contributed by atoms with van der Waals surface area (Å²) in [4.78, 5) is 12.3. The molecule has 104 valence electrons. The Bertz CT molecular complexity index is 473. The van der Waals surface area contributed by atoms with Crippen molar-refractivity contribution in [3.8, 4) is 0 Å². The summed E-state index contributed by atoms with van der Waals surface area (Å²) in [6, 6.07) is 6.00. The highest BCUT2D eigenvalue weighted by molar-refractivity contribution is 5.97. The van der Waals surface area contributed by atoms with Crippen molar-refractivity contribution in [2.75, 3.05) is 25.1 Å². The maximum absolute atomic E-state index is 12.3. The lowest BCUT2D eigenvalue weighted by Crippen LogP contribution is -2.54. The summed E-state index contributed by atoms with van der Waals surface area (Å²) in [6.45, 7) is 6.57. The van der Waals surface area contributed by atoms with Gasteiger partial charge in [-0.05, 0) is 24.0 Å². The van der Waals surface area contributed by atoms with Gasteiger partial charge in [0, 0.05) is 5.69 Å². The largest absolute Gasteiger partial charge is 0.395 e. The van der Waals surface area contributed by atoms with E-state index in [2.05, 4.69) is 19.2 Å². The molecule has 1 aliphatic heterocycles. The molecule has 1 saturated heterocycles. The van der Waals surface area contributed by atoms with E-state index in [0.29, 0.717) is 5.92 Å². The number of ether oxygens (including phenoxy) is 1. The number of amides is 1. The van der Waals surface area contributed by atoms with Crippen LogP contribution in [0.1, 0.15) is 30.9 Å². The minimum absolute atomic E-state index is 0.155. The molecule has 19 heavy (non-hydrogen) atoms. The van der Waals surface area contributed by atoms with Crippen LogP contribution in [0.25, 0.3) is 0 Å². The Kier molecular flexibility index (Phi) is 3.92. The molecule has 0 unspecified atom stereocenters. The van der Waals surface area contributed by atoms with E-state index in [9.17, 15) is 9.90 Å². The molecule has 1 aromatic rings. The summed E-state index contributed by atoms with van der Waals surface area (Å²) in [5.41, 5.74) is 2.24. The van der Waals surface area contributed by atoms with E-state index >= 15 is 0 Å². The molecule has 2 rings (SSSR count). The Morgan fingerprint density at radius 3 is 2.63 bits per heavy atom. The number of aliphatic hydroxyl groups excluding tert-OH is 1. The predicted molar refractivity (Wildman–Crippen MR) is 74.2 cm³/mol. The molecule has 0 bridgehead atoms. The molecule has 0 spiro atoms. The molecule has 4 heteroatoms. The molecule has 1 aliphatic rings. The van der Waals surface area contributed by atoms with Crippen molar-refractivity contribution < 1.29 is 14.6 Å². The van der Waals surface area contributed by atoms with Gasteiger partial charge in [-0.15, -0.1) is 0 Å². The highest BCUT2D eigenvalue weighted by Gasteiger charge is 2.45. The van der Waals surface area contributed by atoms with Crippen molar-refractivity contribution in [1.29, 1.82) is 0 Å². The van der Waals surface area contributed by atoms with Crippen LogP contribution in [-0.2, 0) is 9.53 Å². The number of aryl methyl sites for hydroxylation is 1. The van der Waals surface area contributed by atoms with Crippen molar-refractivity contribution in [3.05, 3.63) is 29.3 Å². The van der Waals surface area contributed by atoms with Crippen LogP contribution in [-0.4, -0.2) is 30.8 Å². The fourth-order valence-electron chi connectivity index (χ4n) is 2.23. The van der Waals surface area contributed by atoms with Crippen molar-refractivity contribution in [1.82, 2.24) is 0 Å². The van der Waals surface area contributed by atoms with Gasteiger partial charge in [0.1, 0.15) is 5.41 Å². The van der Waals surface area contributed by atoms with E-state index < -0.39 is 5.41 Å². The fourth-order valence-corrected chi connectivity index (χ4v) is 2.23. The highest BCUT2D eigenvalue weighted by atomic mass is 16.5. The second kappa shape index (κ2) is 5.31. The number of anilines is 1. The Morgan fingerprint density at radius 2 is 2.16 bits per heavy atom. The van der Waals surface area contributed by atoms with Crippen LogP contribution >= 0.6 is 0 Å². The third kappa shape index (κ3) is 2.51. The summed E-state index contributed by atoms with van der Waals surface area (Å²) in [7, 11) is 0. The number of carbonyl (C=O) groups excluding carboxylic acids is 1. The molecule has 0 aliphatic carbocycles. The first-order chi connectivity index (χ1) is 9.00. The van der Waals surface area contributed by atoms with Crippen LogP contribution in [0.15, 0.2) is 18.2 Å². The smallest absolute Gasteiger partial charge is 0.237 e. The van der Waals surface area contributed by atoms with E-state index in [0.717, 1.165) is 16.8 Å². The van der Waals surface area contributed by atoms with Gasteiger partial charge in [0.2, 0.25) is 5.91 Å². The number of hydrogen-bond acceptors (Lipinski definition) is 3. The van der Waals surface area contributed by atoms with Gasteiger partial charge in [-0.1, -0.05) is 32.0 Å². The molecule has 2 N–H and O–H groups in total. The number of hydrogen-bond donors (Lipinski definition) is 2. The lowest BCUT2D eigenvalue weighted by molar-refractivity contribution is -0.164. The summed E-state index contributed by atoms with van der Waals surface area (Å²) in [6.07, 6.45) is 0. The standard InChI is InChI=1S/C15H21NO3/c1-10(2)12-6-4-5-11(3)13(12)16-14(18)15(7-17)8-19-9-15/h4-6,10,17H,7-9H2,1-3H3,(H,16,18). The van der Waals surface area contributed by atoms with Crippen LogP contribution in [0, 0.1) is 12.3 Å². The van der Waals surface area contributed by atoms with E-state index in [1.807, 2.05) is 25.1 Å². The summed E-state index contributed by atoms with van der Waals surface area (Å²) in [5, 5.41) is 12.4. The molecular weight excluding hydrogens is 242 g/mol. The number of carbonyl (C=O) groups is 1. The number of rotatable bonds is 4. The highest BCUT2D eigenvalue weighted by Crippen LogP contribution is 2.32. The van der Waals surface area contributed by atoms with Crippen molar-refractivity contribution in [2.24, 2.45) is 5.41 Å². The van der Waals surface area contributed by atoms with Crippen molar-refractivity contribution in [2.45, 2.75) is 26.7 Å².